The second-order valence-corrected chi connectivity index (χ2v) is 2.46. The summed E-state index contributed by atoms with van der Waals surface area (Å²) in [6, 6.07) is 0. The number of carbonyl (C=O) groups excluding carboxylic acids is 1. The van der Waals surface area contributed by atoms with Crippen molar-refractivity contribution in [2.24, 2.45) is 10.9 Å². The van der Waals surface area contributed by atoms with E-state index in [0.29, 0.717) is 13.2 Å². The first-order valence-corrected chi connectivity index (χ1v) is 3.92. The molecule has 6 nitrogen and oxygen atoms in total. The number of rotatable bonds is 6. The predicted molar refractivity (Wildman–Crippen MR) is 47.5 cm³/mol. The quantitative estimate of drug-likeness (QED) is 0.169. The molecule has 0 aromatic heterocycles. The van der Waals surface area contributed by atoms with Crippen LogP contribution in [-0.2, 0) is 9.53 Å². The van der Waals surface area contributed by atoms with Gasteiger partial charge in [-0.1, -0.05) is 5.16 Å². The van der Waals surface area contributed by atoms with Crippen molar-refractivity contribution in [1.29, 1.82) is 0 Å². The molecule has 0 aromatic carbocycles. The summed E-state index contributed by atoms with van der Waals surface area (Å²) < 4.78 is 4.79. The van der Waals surface area contributed by atoms with Crippen molar-refractivity contribution in [2.75, 3.05) is 20.3 Å². The third-order valence-electron chi connectivity index (χ3n) is 1.32. The van der Waals surface area contributed by atoms with Crippen molar-refractivity contribution in [1.82, 2.24) is 5.32 Å². The van der Waals surface area contributed by atoms with Gasteiger partial charge in [-0.05, 0) is 6.42 Å². The highest BCUT2D eigenvalue weighted by Gasteiger charge is 2.02. The summed E-state index contributed by atoms with van der Waals surface area (Å²) >= 11 is 0. The van der Waals surface area contributed by atoms with Crippen LogP contribution in [0.15, 0.2) is 5.16 Å². The van der Waals surface area contributed by atoms with Gasteiger partial charge in [0.2, 0.25) is 5.91 Å². The van der Waals surface area contributed by atoms with Crippen LogP contribution in [0, 0.1) is 0 Å². The van der Waals surface area contributed by atoms with Crippen molar-refractivity contribution in [3.05, 3.63) is 0 Å². The van der Waals surface area contributed by atoms with Gasteiger partial charge in [0, 0.05) is 20.3 Å². The number of oxime groups is 1. The Hall–Kier alpha value is -1.30. The van der Waals surface area contributed by atoms with E-state index in [0.717, 1.165) is 6.42 Å². The molecule has 0 aliphatic carbocycles. The van der Waals surface area contributed by atoms with Crippen LogP contribution >= 0.6 is 0 Å². The highest BCUT2D eigenvalue weighted by atomic mass is 16.5. The predicted octanol–water partition coefficient (Wildman–Crippen LogP) is -0.724. The second-order valence-electron chi connectivity index (χ2n) is 2.46. The number of ether oxygens (including phenoxy) is 1. The number of amidine groups is 1. The van der Waals surface area contributed by atoms with Crippen LogP contribution in [0.25, 0.3) is 0 Å². The van der Waals surface area contributed by atoms with E-state index >= 15 is 0 Å². The second kappa shape index (κ2) is 7.35. The molecular weight excluding hydrogens is 174 g/mol. The molecule has 0 rings (SSSR count). The maximum atomic E-state index is 11.0. The molecule has 0 atom stereocenters. The first-order chi connectivity index (χ1) is 6.20. The number of hydrogen-bond donors (Lipinski definition) is 3. The lowest BCUT2D eigenvalue weighted by Gasteiger charge is -2.03. The zero-order valence-corrected chi connectivity index (χ0v) is 7.62. The van der Waals surface area contributed by atoms with Crippen LogP contribution < -0.4 is 11.1 Å². The van der Waals surface area contributed by atoms with Gasteiger partial charge in [-0.3, -0.25) is 4.79 Å². The summed E-state index contributed by atoms with van der Waals surface area (Å²) in [7, 11) is 1.60. The smallest absolute Gasteiger partial charge is 0.227 e. The van der Waals surface area contributed by atoms with Gasteiger partial charge in [0.15, 0.2) is 0 Å². The molecule has 0 aromatic rings. The van der Waals surface area contributed by atoms with E-state index < -0.39 is 0 Å². The molecule has 4 N–H and O–H groups in total. The zero-order valence-electron chi connectivity index (χ0n) is 7.62. The van der Waals surface area contributed by atoms with Crippen molar-refractivity contribution >= 4 is 11.7 Å². The van der Waals surface area contributed by atoms with Crippen molar-refractivity contribution < 1.29 is 14.7 Å². The van der Waals surface area contributed by atoms with E-state index in [1.54, 1.807) is 7.11 Å². The lowest BCUT2D eigenvalue weighted by atomic mass is 10.3. The molecule has 13 heavy (non-hydrogen) atoms. The van der Waals surface area contributed by atoms with E-state index in [1.807, 2.05) is 0 Å². The van der Waals surface area contributed by atoms with Crippen molar-refractivity contribution in [3.63, 3.8) is 0 Å². The van der Waals surface area contributed by atoms with Crippen LogP contribution in [-0.4, -0.2) is 37.2 Å². The number of nitrogens with zero attached hydrogens (tertiary/aromatic N) is 1. The minimum Gasteiger partial charge on any atom is -0.409 e. The van der Waals surface area contributed by atoms with Gasteiger partial charge in [0.25, 0.3) is 0 Å². The Morgan fingerprint density at radius 1 is 1.69 bits per heavy atom. The maximum Gasteiger partial charge on any atom is 0.227 e. The van der Waals surface area contributed by atoms with E-state index in [-0.39, 0.29) is 18.2 Å². The first kappa shape index (κ1) is 11.7. The highest BCUT2D eigenvalue weighted by Crippen LogP contribution is 1.82. The fraction of sp³-hybridized carbons (Fsp3) is 0.714. The Kier molecular flexibility index (Phi) is 6.62. The van der Waals surface area contributed by atoms with Gasteiger partial charge in [-0.15, -0.1) is 0 Å². The number of nitrogens with one attached hydrogen (secondary N) is 1. The topological polar surface area (TPSA) is 96.9 Å². The third-order valence-corrected chi connectivity index (χ3v) is 1.32. The molecule has 6 heteroatoms. The van der Waals surface area contributed by atoms with Gasteiger partial charge >= 0.3 is 0 Å². The van der Waals surface area contributed by atoms with E-state index in [2.05, 4.69) is 10.5 Å². The summed E-state index contributed by atoms with van der Waals surface area (Å²) in [4.78, 5) is 11.0. The number of nitrogens with two attached hydrogens (primary N) is 1. The van der Waals surface area contributed by atoms with Crippen molar-refractivity contribution in [2.45, 2.75) is 12.8 Å². The number of methoxy groups -OCH3 is 1. The van der Waals surface area contributed by atoms with Crippen LogP contribution in [0.4, 0.5) is 0 Å². The normalized spacial score (nSPS) is 11.3. The zero-order chi connectivity index (χ0) is 10.1. The molecule has 0 saturated heterocycles. The Labute approximate surface area is 76.7 Å². The Morgan fingerprint density at radius 3 is 2.92 bits per heavy atom. The Bertz CT molecular complexity index is 182. The van der Waals surface area contributed by atoms with E-state index in [4.69, 9.17) is 15.7 Å². The maximum absolute atomic E-state index is 11.0. The molecule has 0 aliphatic rings. The lowest BCUT2D eigenvalue weighted by Crippen LogP contribution is -2.29. The van der Waals surface area contributed by atoms with Crippen LogP contribution in [0.3, 0.4) is 0 Å². The van der Waals surface area contributed by atoms with Gasteiger partial charge in [-0.2, -0.15) is 0 Å². The molecule has 0 saturated carbocycles. The molecule has 0 bridgehead atoms. The average molecular weight is 189 g/mol. The van der Waals surface area contributed by atoms with Gasteiger partial charge < -0.3 is 21.0 Å². The molecule has 0 heterocycles. The minimum atomic E-state index is -0.258. The lowest BCUT2D eigenvalue weighted by molar-refractivity contribution is -0.119. The van der Waals surface area contributed by atoms with Gasteiger partial charge in [0.1, 0.15) is 5.84 Å². The molecule has 0 radical (unpaired) electrons. The molecule has 0 spiro atoms. The third kappa shape index (κ3) is 7.07. The molecular formula is C7H15N3O3. The van der Waals surface area contributed by atoms with Crippen LogP contribution in [0.2, 0.25) is 0 Å². The van der Waals surface area contributed by atoms with Crippen LogP contribution in [0.1, 0.15) is 12.8 Å². The molecule has 0 unspecified atom stereocenters. The van der Waals surface area contributed by atoms with Gasteiger partial charge in [0.05, 0.1) is 6.42 Å². The largest absolute Gasteiger partial charge is 0.409 e. The van der Waals surface area contributed by atoms with Gasteiger partial charge in [-0.25, -0.2) is 0 Å². The van der Waals surface area contributed by atoms with E-state index in [1.165, 1.54) is 0 Å². The summed E-state index contributed by atoms with van der Waals surface area (Å²) in [6.07, 6.45) is 0.669. The van der Waals surface area contributed by atoms with Crippen molar-refractivity contribution in [3.8, 4) is 0 Å². The molecule has 0 aliphatic heterocycles. The monoisotopic (exact) mass is 189 g/mol. The number of carbonyl (C=O) groups is 1. The number of hydrogen-bond acceptors (Lipinski definition) is 4. The fourth-order valence-corrected chi connectivity index (χ4v) is 0.707. The fourth-order valence-electron chi connectivity index (χ4n) is 0.707. The van der Waals surface area contributed by atoms with E-state index in [9.17, 15) is 4.79 Å². The minimum absolute atomic E-state index is 0.0799. The summed E-state index contributed by atoms with van der Waals surface area (Å²) in [5.41, 5.74) is 5.12. The van der Waals surface area contributed by atoms with Crippen LogP contribution in [0.5, 0.6) is 0 Å². The summed E-state index contributed by atoms with van der Waals surface area (Å²) in [5, 5.41) is 13.4. The SMILES string of the molecule is COCCCNC(=O)C/C(N)=N/O. The summed E-state index contributed by atoms with van der Waals surface area (Å²) in [5.74, 6) is -0.351. The summed E-state index contributed by atoms with van der Waals surface area (Å²) in [6.45, 7) is 1.13. The first-order valence-electron chi connectivity index (χ1n) is 3.92. The molecule has 0 fully saturated rings. The average Bonchev–Trinajstić information content (AvgIpc) is 2.12. The molecule has 1 amide bonds. The molecule has 76 valence electrons. The Morgan fingerprint density at radius 2 is 2.38 bits per heavy atom. The Balaban J connectivity index is 3.41. The standard InChI is InChI=1S/C7H15N3O3/c1-13-4-2-3-9-7(11)5-6(8)10-12/h12H,2-5H2,1H3,(H2,8,10)(H,9,11). The number of amides is 1. The highest BCUT2D eigenvalue weighted by molar-refractivity contribution is 5.98.